The normalized spacial score (nSPS) is 14.4. The minimum Gasteiger partial charge on any atom is -0.457 e. The zero-order valence-corrected chi connectivity index (χ0v) is 34.4. The van der Waals surface area contributed by atoms with E-state index in [0.717, 1.165) is 77.0 Å². The van der Waals surface area contributed by atoms with E-state index in [0.29, 0.717) is 13.0 Å². The molecule has 0 fully saturated rings. The third kappa shape index (κ3) is 40.7. The molecule has 0 aliphatic rings. The fourth-order valence-electron chi connectivity index (χ4n) is 5.09. The largest absolute Gasteiger partial charge is 0.472 e. The molecule has 0 amide bonds. The van der Waals surface area contributed by atoms with Gasteiger partial charge in [0.1, 0.15) is 6.10 Å². The average Bonchev–Trinajstić information content (AvgIpc) is 3.15. The maximum atomic E-state index is 12.5. The number of phosphoric acid groups is 1. The van der Waals surface area contributed by atoms with Crippen molar-refractivity contribution in [2.45, 2.75) is 155 Å². The minimum absolute atomic E-state index is 0.0907. The van der Waals surface area contributed by atoms with E-state index in [1.807, 2.05) is 0 Å². The third-order valence-corrected chi connectivity index (χ3v) is 9.06. The number of nitrogens with two attached hydrogens (primary N) is 1. The first-order valence-corrected chi connectivity index (χ1v) is 22.1. The Kier molecular flexibility index (Phi) is 39.1. The maximum Gasteiger partial charge on any atom is 0.472 e. The van der Waals surface area contributed by atoms with Gasteiger partial charge in [0.15, 0.2) is 0 Å². The highest BCUT2D eigenvalue weighted by molar-refractivity contribution is 7.47. The van der Waals surface area contributed by atoms with Gasteiger partial charge >= 0.3 is 13.8 Å². The van der Waals surface area contributed by atoms with Gasteiger partial charge in [-0.25, -0.2) is 4.57 Å². The second-order valence-electron chi connectivity index (χ2n) is 13.1. The van der Waals surface area contributed by atoms with Gasteiger partial charge in [-0.1, -0.05) is 157 Å². The summed E-state index contributed by atoms with van der Waals surface area (Å²) in [6, 6.07) is 0. The third-order valence-electron chi connectivity index (χ3n) is 8.08. The van der Waals surface area contributed by atoms with Crippen molar-refractivity contribution in [2.75, 3.05) is 33.0 Å². The van der Waals surface area contributed by atoms with E-state index in [1.54, 1.807) is 0 Å². The number of phosphoric ester groups is 1. The van der Waals surface area contributed by atoms with Crippen molar-refractivity contribution in [3.05, 3.63) is 85.1 Å². The number of rotatable bonds is 38. The van der Waals surface area contributed by atoms with Crippen molar-refractivity contribution in [1.29, 1.82) is 0 Å². The van der Waals surface area contributed by atoms with Gasteiger partial charge in [0, 0.05) is 19.6 Å². The van der Waals surface area contributed by atoms with Crippen LogP contribution in [0.1, 0.15) is 149 Å². The predicted molar refractivity (Wildman–Crippen MR) is 224 cm³/mol. The van der Waals surface area contributed by atoms with E-state index < -0.39 is 13.9 Å². The number of hydrogen-bond acceptors (Lipinski definition) is 7. The molecule has 0 spiro atoms. The first-order chi connectivity index (χ1) is 25.9. The second-order valence-corrected chi connectivity index (χ2v) is 14.6. The topological polar surface area (TPSA) is 117 Å². The maximum absolute atomic E-state index is 12.5. The van der Waals surface area contributed by atoms with E-state index >= 15 is 0 Å². The van der Waals surface area contributed by atoms with Crippen molar-refractivity contribution in [3.63, 3.8) is 0 Å². The van der Waals surface area contributed by atoms with Gasteiger partial charge in [-0.3, -0.25) is 13.8 Å². The summed E-state index contributed by atoms with van der Waals surface area (Å²) in [4.78, 5) is 22.4. The number of hydrogen-bond donors (Lipinski definition) is 2. The molecule has 0 saturated heterocycles. The van der Waals surface area contributed by atoms with Crippen LogP contribution in [-0.4, -0.2) is 49.9 Å². The smallest absolute Gasteiger partial charge is 0.457 e. The molecule has 0 aromatic rings. The number of carbonyl (C=O) groups excluding carboxylic acids is 1. The van der Waals surface area contributed by atoms with E-state index in [-0.39, 0.29) is 38.8 Å². The zero-order chi connectivity index (χ0) is 38.8. The molecule has 0 saturated carbocycles. The fourth-order valence-corrected chi connectivity index (χ4v) is 5.86. The van der Waals surface area contributed by atoms with Gasteiger partial charge in [0.25, 0.3) is 0 Å². The van der Waals surface area contributed by atoms with Crippen LogP contribution in [-0.2, 0) is 27.9 Å². The summed E-state index contributed by atoms with van der Waals surface area (Å²) in [6.45, 7) is 4.72. The molecule has 2 unspecified atom stereocenters. The molecule has 0 aliphatic carbocycles. The highest BCUT2D eigenvalue weighted by atomic mass is 31.2. The molecule has 0 aromatic carbocycles. The molecule has 53 heavy (non-hydrogen) atoms. The van der Waals surface area contributed by atoms with Crippen molar-refractivity contribution >= 4 is 13.8 Å². The minimum atomic E-state index is -4.28. The molecule has 2 atom stereocenters. The first-order valence-electron chi connectivity index (χ1n) is 20.6. The van der Waals surface area contributed by atoms with Gasteiger partial charge < -0.3 is 20.1 Å². The molecule has 3 N–H and O–H groups in total. The number of carbonyl (C=O) groups is 1. The van der Waals surface area contributed by atoms with E-state index in [4.69, 9.17) is 24.3 Å². The highest BCUT2D eigenvalue weighted by Gasteiger charge is 2.25. The molecule has 0 heterocycles. The Morgan fingerprint density at radius 2 is 1.06 bits per heavy atom. The van der Waals surface area contributed by atoms with Crippen LogP contribution in [0.5, 0.6) is 0 Å². The van der Waals surface area contributed by atoms with Crippen LogP contribution in [0.4, 0.5) is 0 Å². The number of ether oxygens (including phenoxy) is 2. The Morgan fingerprint density at radius 1 is 0.585 bits per heavy atom. The van der Waals surface area contributed by atoms with Crippen LogP contribution < -0.4 is 5.73 Å². The summed E-state index contributed by atoms with van der Waals surface area (Å²) in [5, 5.41) is 0. The summed E-state index contributed by atoms with van der Waals surface area (Å²) >= 11 is 0. The Morgan fingerprint density at radius 3 is 1.57 bits per heavy atom. The monoisotopic (exact) mass is 762 g/mol. The Bertz CT molecular complexity index is 1080. The molecule has 304 valence electrons. The molecule has 0 radical (unpaired) electrons. The van der Waals surface area contributed by atoms with Crippen LogP contribution in [0.2, 0.25) is 0 Å². The molecule has 0 bridgehead atoms. The standard InChI is InChI=1S/C44H76NO7P/c1-3-5-7-9-11-13-14-15-16-17-18-19-20-21-22-23-24-25-26-27-28-29-31-33-35-37-44(46)52-43(42-51-53(47,48)50-40-38-45)41-49-39-36-34-32-30-12-10-8-6-4-2/h5,7,11,13,15-16,18-19,21-22,24-25,27-28,43H,3-4,6,8-10,12,14,17,20,23,26,29-42,45H2,1-2H3,(H,47,48)/b7-5-,13-11-,16-15-,19-18-,22-21-,25-24-,28-27-. The number of unbranched alkanes of at least 4 members (excludes halogenated alkanes) is 11. The SMILES string of the molecule is CC/C=C\C/C=C\C/C=C\C/C=C\C/C=C\C/C=C\C/C=C\CCCCCC(=O)OC(COCCCCCCCCCCC)COP(=O)(O)OCCN. The highest BCUT2D eigenvalue weighted by Crippen LogP contribution is 2.43. The summed E-state index contributed by atoms with van der Waals surface area (Å²) in [6.07, 6.45) is 51.8. The van der Waals surface area contributed by atoms with Crippen molar-refractivity contribution < 1.29 is 32.8 Å². The van der Waals surface area contributed by atoms with Gasteiger partial charge in [-0.2, -0.15) is 0 Å². The molecule has 0 aliphatic heterocycles. The lowest BCUT2D eigenvalue weighted by Gasteiger charge is -2.20. The summed E-state index contributed by atoms with van der Waals surface area (Å²) in [5.74, 6) is -0.367. The van der Waals surface area contributed by atoms with E-state index in [2.05, 4.69) is 98.9 Å². The molecular formula is C44H76NO7P. The van der Waals surface area contributed by atoms with E-state index in [1.165, 1.54) is 44.9 Å². The Labute approximate surface area is 324 Å². The lowest BCUT2D eigenvalue weighted by Crippen LogP contribution is -2.28. The van der Waals surface area contributed by atoms with Gasteiger partial charge in [0.2, 0.25) is 0 Å². The molecular weight excluding hydrogens is 685 g/mol. The molecule has 0 rings (SSSR count). The summed E-state index contributed by atoms with van der Waals surface area (Å²) in [7, 11) is -4.28. The first kappa shape index (κ1) is 50.7. The molecule has 8 nitrogen and oxygen atoms in total. The molecule has 9 heteroatoms. The van der Waals surface area contributed by atoms with Crippen LogP contribution in [0.15, 0.2) is 85.1 Å². The van der Waals surface area contributed by atoms with Crippen molar-refractivity contribution in [1.82, 2.24) is 0 Å². The number of allylic oxidation sites excluding steroid dienone is 14. The average molecular weight is 762 g/mol. The van der Waals surface area contributed by atoms with Gasteiger partial charge in [-0.15, -0.1) is 0 Å². The summed E-state index contributed by atoms with van der Waals surface area (Å²) < 4.78 is 33.2. The predicted octanol–water partition coefficient (Wildman–Crippen LogP) is 12.1. The lowest BCUT2D eigenvalue weighted by molar-refractivity contribution is -0.154. The Hall–Kier alpha value is -2.32. The van der Waals surface area contributed by atoms with Crippen molar-refractivity contribution in [2.24, 2.45) is 5.73 Å². The Balaban J connectivity index is 4.10. The van der Waals surface area contributed by atoms with Crippen LogP contribution in [0, 0.1) is 0 Å². The number of esters is 1. The van der Waals surface area contributed by atoms with Crippen LogP contribution in [0.25, 0.3) is 0 Å². The van der Waals surface area contributed by atoms with Crippen LogP contribution in [0.3, 0.4) is 0 Å². The second kappa shape index (κ2) is 40.9. The lowest BCUT2D eigenvalue weighted by atomic mass is 10.1. The molecule has 0 aromatic heterocycles. The fraction of sp³-hybridized carbons (Fsp3) is 0.659. The quantitative estimate of drug-likeness (QED) is 0.0276. The van der Waals surface area contributed by atoms with E-state index in [9.17, 15) is 14.3 Å². The van der Waals surface area contributed by atoms with Gasteiger partial charge in [-0.05, 0) is 70.6 Å². The van der Waals surface area contributed by atoms with Gasteiger partial charge in [0.05, 0.1) is 19.8 Å². The van der Waals surface area contributed by atoms with Crippen LogP contribution >= 0.6 is 7.82 Å². The summed E-state index contributed by atoms with van der Waals surface area (Å²) in [5.41, 5.74) is 5.35. The van der Waals surface area contributed by atoms with Crippen molar-refractivity contribution in [3.8, 4) is 0 Å². The zero-order valence-electron chi connectivity index (χ0n) is 33.5.